The quantitative estimate of drug-likeness (QED) is 0.233. The van der Waals surface area contributed by atoms with Crippen LogP contribution in [0.15, 0.2) is 97.2 Å². The molecule has 0 unspecified atom stereocenters. The van der Waals surface area contributed by atoms with Crippen LogP contribution in [0.1, 0.15) is 57.3 Å². The molecule has 1 amide bonds. The molecular weight excluding hydrogens is 466 g/mol. The molecule has 36 heavy (non-hydrogen) atoms. The normalized spacial score (nSPS) is 11.1. The van der Waals surface area contributed by atoms with Gasteiger partial charge in [0, 0.05) is 22.9 Å². The Morgan fingerprint density at radius 3 is 2.19 bits per heavy atom. The van der Waals surface area contributed by atoms with Gasteiger partial charge in [0.15, 0.2) is 10.9 Å². The highest BCUT2D eigenvalue weighted by atomic mass is 32.1. The van der Waals surface area contributed by atoms with Gasteiger partial charge in [0.1, 0.15) is 0 Å². The molecule has 0 aliphatic rings. The second kappa shape index (κ2) is 10.2. The fourth-order valence-corrected chi connectivity index (χ4v) is 5.09. The summed E-state index contributed by atoms with van der Waals surface area (Å²) in [5.74, 6) is 0.0510. The Morgan fingerprint density at radius 2 is 1.50 bits per heavy atom. The zero-order chi connectivity index (χ0) is 25.1. The van der Waals surface area contributed by atoms with Crippen LogP contribution in [-0.4, -0.2) is 21.7 Å². The van der Waals surface area contributed by atoms with E-state index in [0.29, 0.717) is 34.3 Å². The van der Waals surface area contributed by atoms with Crippen molar-refractivity contribution < 1.29 is 9.59 Å². The van der Waals surface area contributed by atoms with Crippen LogP contribution in [0, 0.1) is 0 Å². The number of hydrogen-bond donors (Lipinski definition) is 0. The number of ketones is 1. The largest absolute Gasteiger partial charge is 0.289 e. The third-order valence-electron chi connectivity index (χ3n) is 6.01. The molecule has 0 spiro atoms. The van der Waals surface area contributed by atoms with E-state index in [2.05, 4.69) is 24.9 Å². The van der Waals surface area contributed by atoms with Gasteiger partial charge in [0.25, 0.3) is 5.91 Å². The summed E-state index contributed by atoms with van der Waals surface area (Å²) in [5, 5.41) is 0.623. The number of carbonyl (C=O) groups excluding carboxylic acids is 2. The van der Waals surface area contributed by atoms with Crippen LogP contribution in [0.4, 0.5) is 5.13 Å². The number of nitrogens with zero attached hydrogens (tertiary/aromatic N) is 3. The third-order valence-corrected chi connectivity index (χ3v) is 7.06. The van der Waals surface area contributed by atoms with Gasteiger partial charge in [-0.05, 0) is 41.8 Å². The molecule has 0 aliphatic heterocycles. The molecular formula is C30H25N3O2S. The number of thiazole rings is 1. The van der Waals surface area contributed by atoms with Gasteiger partial charge in [-0.1, -0.05) is 85.8 Å². The highest BCUT2D eigenvalue weighted by molar-refractivity contribution is 7.22. The van der Waals surface area contributed by atoms with Gasteiger partial charge in [0.2, 0.25) is 0 Å². The summed E-state index contributed by atoms with van der Waals surface area (Å²) in [4.78, 5) is 37.6. The number of fused-ring (bicyclic) bond motifs is 1. The molecule has 0 fully saturated rings. The Bertz CT molecular complexity index is 1510. The number of hydrogen-bond acceptors (Lipinski definition) is 5. The van der Waals surface area contributed by atoms with Gasteiger partial charge in [-0.2, -0.15) is 0 Å². The Balaban J connectivity index is 1.50. The lowest BCUT2D eigenvalue weighted by molar-refractivity contribution is 0.0982. The lowest BCUT2D eigenvalue weighted by Crippen LogP contribution is -2.30. The van der Waals surface area contributed by atoms with Crippen LogP contribution in [0.3, 0.4) is 0 Å². The molecule has 5 nitrogen and oxygen atoms in total. The topological polar surface area (TPSA) is 63.2 Å². The molecule has 0 saturated heterocycles. The molecule has 0 atom stereocenters. The van der Waals surface area contributed by atoms with E-state index in [9.17, 15) is 9.59 Å². The number of carbonyl (C=O) groups is 2. The lowest BCUT2D eigenvalue weighted by Gasteiger charge is -2.20. The van der Waals surface area contributed by atoms with Crippen molar-refractivity contribution in [2.45, 2.75) is 26.3 Å². The van der Waals surface area contributed by atoms with E-state index in [0.717, 1.165) is 21.5 Å². The second-order valence-corrected chi connectivity index (χ2v) is 9.84. The van der Waals surface area contributed by atoms with E-state index in [1.54, 1.807) is 47.5 Å². The summed E-state index contributed by atoms with van der Waals surface area (Å²) in [6.07, 6.45) is 1.72. The molecule has 3 aromatic carbocycles. The number of benzene rings is 3. The molecule has 6 heteroatoms. The Hall–Kier alpha value is -4.16. The van der Waals surface area contributed by atoms with Crippen molar-refractivity contribution in [3.05, 3.63) is 125 Å². The molecule has 2 aromatic heterocycles. The number of amides is 1. The number of anilines is 1. The number of rotatable bonds is 7. The van der Waals surface area contributed by atoms with Crippen molar-refractivity contribution in [2.24, 2.45) is 0 Å². The molecule has 5 rings (SSSR count). The van der Waals surface area contributed by atoms with Gasteiger partial charge in [0.05, 0.1) is 22.5 Å². The summed E-state index contributed by atoms with van der Waals surface area (Å²) in [7, 11) is 0. The standard InChI is InChI=1S/C30H25N3O2S/c1-20(2)25-12-8-13-26-27(25)32-30(36-26)33(19-24-11-6-7-18-31-24)29(35)23-16-14-22(15-17-23)28(34)21-9-4-3-5-10-21/h3-18,20H,19H2,1-2H3. The average Bonchev–Trinajstić information content (AvgIpc) is 3.36. The van der Waals surface area contributed by atoms with Gasteiger partial charge in [-0.3, -0.25) is 19.5 Å². The fraction of sp³-hybridized carbons (Fsp3) is 0.133. The summed E-state index contributed by atoms with van der Waals surface area (Å²) >= 11 is 1.50. The number of aromatic nitrogens is 2. The minimum absolute atomic E-state index is 0.0765. The van der Waals surface area contributed by atoms with Crippen LogP contribution < -0.4 is 4.90 Å². The number of para-hydroxylation sites is 1. The Morgan fingerprint density at radius 1 is 0.806 bits per heavy atom. The van der Waals surface area contributed by atoms with Crippen molar-refractivity contribution in [3.63, 3.8) is 0 Å². The molecule has 178 valence electrons. The van der Waals surface area contributed by atoms with E-state index < -0.39 is 0 Å². The first-order valence-corrected chi connectivity index (χ1v) is 12.6. The summed E-state index contributed by atoms with van der Waals surface area (Å²) in [5.41, 5.74) is 4.49. The van der Waals surface area contributed by atoms with E-state index in [1.807, 2.05) is 48.5 Å². The molecule has 5 aromatic rings. The molecule has 0 aliphatic carbocycles. The molecule has 2 heterocycles. The van der Waals surface area contributed by atoms with Crippen molar-refractivity contribution in [2.75, 3.05) is 4.90 Å². The van der Waals surface area contributed by atoms with E-state index in [4.69, 9.17) is 4.98 Å². The van der Waals surface area contributed by atoms with Gasteiger partial charge >= 0.3 is 0 Å². The monoisotopic (exact) mass is 491 g/mol. The third kappa shape index (κ3) is 4.81. The first kappa shape index (κ1) is 23.6. The van der Waals surface area contributed by atoms with E-state index in [1.165, 1.54) is 11.3 Å². The maximum atomic E-state index is 13.8. The predicted octanol–water partition coefficient (Wildman–Crippen LogP) is 6.89. The predicted molar refractivity (Wildman–Crippen MR) is 145 cm³/mol. The zero-order valence-corrected chi connectivity index (χ0v) is 20.9. The average molecular weight is 492 g/mol. The van der Waals surface area contributed by atoms with E-state index >= 15 is 0 Å². The van der Waals surface area contributed by atoms with Crippen LogP contribution in [0.5, 0.6) is 0 Å². The smallest absolute Gasteiger partial charge is 0.260 e. The highest BCUT2D eigenvalue weighted by Gasteiger charge is 2.23. The minimum atomic E-state index is -0.190. The fourth-order valence-electron chi connectivity index (χ4n) is 4.10. The molecule has 0 N–H and O–H groups in total. The van der Waals surface area contributed by atoms with Crippen molar-refractivity contribution in [1.29, 1.82) is 0 Å². The number of pyridine rings is 1. The first-order valence-electron chi connectivity index (χ1n) is 11.8. The SMILES string of the molecule is CC(C)c1cccc2sc(N(Cc3ccccn3)C(=O)c3ccc(C(=O)c4ccccc4)cc3)nc12. The maximum Gasteiger partial charge on any atom is 0.260 e. The lowest BCUT2D eigenvalue weighted by atomic mass is 10.0. The van der Waals surface area contributed by atoms with Crippen LogP contribution in [0.25, 0.3) is 10.2 Å². The maximum absolute atomic E-state index is 13.8. The van der Waals surface area contributed by atoms with Crippen LogP contribution in [0.2, 0.25) is 0 Å². The minimum Gasteiger partial charge on any atom is -0.289 e. The van der Waals surface area contributed by atoms with Gasteiger partial charge in [-0.15, -0.1) is 0 Å². The molecule has 0 saturated carbocycles. The van der Waals surface area contributed by atoms with Crippen LogP contribution >= 0.6 is 11.3 Å². The van der Waals surface area contributed by atoms with E-state index in [-0.39, 0.29) is 11.7 Å². The summed E-state index contributed by atoms with van der Waals surface area (Å²) in [6.45, 7) is 4.58. The van der Waals surface area contributed by atoms with Crippen molar-refractivity contribution >= 4 is 38.4 Å². The van der Waals surface area contributed by atoms with Crippen LogP contribution in [-0.2, 0) is 6.54 Å². The Kier molecular flexibility index (Phi) is 6.69. The van der Waals surface area contributed by atoms with Gasteiger partial charge < -0.3 is 0 Å². The zero-order valence-electron chi connectivity index (χ0n) is 20.1. The second-order valence-electron chi connectivity index (χ2n) is 8.83. The van der Waals surface area contributed by atoms with Crippen molar-refractivity contribution in [3.8, 4) is 0 Å². The molecule has 0 radical (unpaired) electrons. The van der Waals surface area contributed by atoms with Crippen molar-refractivity contribution in [1.82, 2.24) is 9.97 Å². The highest BCUT2D eigenvalue weighted by Crippen LogP contribution is 2.34. The Labute approximate surface area is 214 Å². The first-order chi connectivity index (χ1) is 17.5. The molecule has 0 bridgehead atoms. The summed E-state index contributed by atoms with van der Waals surface area (Å²) < 4.78 is 1.04. The van der Waals surface area contributed by atoms with Gasteiger partial charge in [-0.25, -0.2) is 4.98 Å². The summed E-state index contributed by atoms with van der Waals surface area (Å²) in [6, 6.07) is 27.8.